The quantitative estimate of drug-likeness (QED) is 0.609. The Bertz CT molecular complexity index is 656. The fourth-order valence-electron chi connectivity index (χ4n) is 2.82. The number of amides is 1. The van der Waals surface area contributed by atoms with Gasteiger partial charge in [-0.3, -0.25) is 9.08 Å². The Morgan fingerprint density at radius 1 is 1.30 bits per heavy atom. The molecule has 0 fully saturated rings. The van der Waals surface area contributed by atoms with E-state index in [0.29, 0.717) is 13.0 Å². The molecule has 1 aliphatic rings. The number of unbranched alkanes of at least 4 members (excludes halogenated alkanes) is 2. The van der Waals surface area contributed by atoms with Gasteiger partial charge in [-0.25, -0.2) is 4.79 Å². The number of hydrogen-bond donors (Lipinski definition) is 1. The second-order valence-corrected chi connectivity index (χ2v) is 7.48. The fraction of sp³-hybridized carbons (Fsp3) is 0.562. The molecule has 6 nitrogen and oxygen atoms in total. The van der Waals surface area contributed by atoms with E-state index in [0.717, 1.165) is 49.6 Å². The molecular formula is C16H23NO5S. The molecule has 1 N–H and O–H groups in total. The van der Waals surface area contributed by atoms with E-state index >= 15 is 0 Å². The normalized spacial score (nSPS) is 14.6. The number of fused-ring (bicyclic) bond motifs is 1. The number of hydrogen-bond acceptors (Lipinski definition) is 4. The molecule has 1 amide bonds. The predicted molar refractivity (Wildman–Crippen MR) is 88.5 cm³/mol. The van der Waals surface area contributed by atoms with Crippen LogP contribution in [0.25, 0.3) is 0 Å². The highest BCUT2D eigenvalue weighted by Gasteiger charge is 2.21. The molecule has 1 aromatic carbocycles. The maximum Gasteiger partial charge on any atom is 0.411 e. The van der Waals surface area contributed by atoms with E-state index in [1.165, 1.54) is 10.5 Å². The van der Waals surface area contributed by atoms with Gasteiger partial charge in [0.25, 0.3) is 10.1 Å². The van der Waals surface area contributed by atoms with Crippen LogP contribution in [0.5, 0.6) is 0 Å². The summed E-state index contributed by atoms with van der Waals surface area (Å²) in [7, 11) is -3.34. The van der Waals surface area contributed by atoms with Crippen LogP contribution >= 0.6 is 0 Å². The number of benzene rings is 1. The second kappa shape index (κ2) is 7.79. The molecule has 0 radical (unpaired) electrons. The van der Waals surface area contributed by atoms with Crippen molar-refractivity contribution in [3.05, 3.63) is 29.3 Å². The average molecular weight is 341 g/mol. The molecule has 0 atom stereocenters. The molecule has 0 unspecified atom stereocenters. The number of rotatable bonds is 7. The minimum absolute atomic E-state index is 0.233. The highest BCUT2D eigenvalue weighted by molar-refractivity contribution is 7.85. The van der Waals surface area contributed by atoms with Crippen LogP contribution in [0.3, 0.4) is 0 Å². The lowest BCUT2D eigenvalue weighted by Crippen LogP contribution is -2.34. The lowest BCUT2D eigenvalue weighted by Gasteiger charge is -2.27. The lowest BCUT2D eigenvalue weighted by molar-refractivity contribution is 0.201. The van der Waals surface area contributed by atoms with Crippen LogP contribution in [-0.2, 0) is 27.1 Å². The number of anilines is 1. The molecular weight excluding hydrogens is 318 g/mol. The standard InChI is InChI=1S/C16H23NO5S/c1-23(20,21)22-11-4-2-3-6-13-8-9-15-14(12-13)7-5-10-17(15)16(18)19/h8-9,12H,2-7,10-11H2,1H3,(H,18,19). The summed E-state index contributed by atoms with van der Waals surface area (Å²) in [6.07, 6.45) is 5.39. The topological polar surface area (TPSA) is 83.9 Å². The van der Waals surface area contributed by atoms with Crippen molar-refractivity contribution in [2.24, 2.45) is 0 Å². The van der Waals surface area contributed by atoms with Crippen molar-refractivity contribution in [2.75, 3.05) is 24.3 Å². The van der Waals surface area contributed by atoms with Gasteiger partial charge in [0.1, 0.15) is 0 Å². The van der Waals surface area contributed by atoms with Gasteiger partial charge in [0, 0.05) is 6.54 Å². The molecule has 1 aromatic rings. The Morgan fingerprint density at radius 3 is 2.78 bits per heavy atom. The van der Waals surface area contributed by atoms with E-state index in [1.807, 2.05) is 12.1 Å². The van der Waals surface area contributed by atoms with Crippen molar-refractivity contribution >= 4 is 21.9 Å². The summed E-state index contributed by atoms with van der Waals surface area (Å²) in [5.41, 5.74) is 3.09. The van der Waals surface area contributed by atoms with Crippen molar-refractivity contribution in [1.29, 1.82) is 0 Å². The summed E-state index contributed by atoms with van der Waals surface area (Å²) >= 11 is 0. The van der Waals surface area contributed by atoms with Gasteiger partial charge >= 0.3 is 6.09 Å². The first-order valence-electron chi connectivity index (χ1n) is 7.83. The zero-order valence-corrected chi connectivity index (χ0v) is 14.1. The van der Waals surface area contributed by atoms with Crippen LogP contribution in [-0.4, -0.2) is 39.0 Å². The van der Waals surface area contributed by atoms with E-state index in [4.69, 9.17) is 4.18 Å². The first kappa shape index (κ1) is 17.7. The van der Waals surface area contributed by atoms with Gasteiger partial charge in [-0.15, -0.1) is 0 Å². The third-order valence-electron chi connectivity index (χ3n) is 3.90. The third-order valence-corrected chi connectivity index (χ3v) is 4.50. The molecule has 1 heterocycles. The van der Waals surface area contributed by atoms with Crippen molar-refractivity contribution in [2.45, 2.75) is 38.5 Å². The van der Waals surface area contributed by atoms with Crippen LogP contribution in [0, 0.1) is 0 Å². The Hall–Kier alpha value is -1.60. The Labute approximate surface area is 137 Å². The average Bonchev–Trinajstić information content (AvgIpc) is 2.48. The largest absolute Gasteiger partial charge is 0.465 e. The molecule has 0 aromatic heterocycles. The minimum Gasteiger partial charge on any atom is -0.465 e. The molecule has 0 bridgehead atoms. The molecule has 1 aliphatic heterocycles. The van der Waals surface area contributed by atoms with E-state index in [1.54, 1.807) is 0 Å². The first-order valence-corrected chi connectivity index (χ1v) is 9.65. The highest BCUT2D eigenvalue weighted by atomic mass is 32.2. The summed E-state index contributed by atoms with van der Waals surface area (Å²) in [4.78, 5) is 12.6. The van der Waals surface area contributed by atoms with Crippen molar-refractivity contribution < 1.29 is 22.5 Å². The van der Waals surface area contributed by atoms with E-state index in [-0.39, 0.29) is 6.61 Å². The number of carbonyl (C=O) groups is 1. The van der Waals surface area contributed by atoms with Crippen molar-refractivity contribution in [3.63, 3.8) is 0 Å². The van der Waals surface area contributed by atoms with E-state index in [9.17, 15) is 18.3 Å². The van der Waals surface area contributed by atoms with Crippen molar-refractivity contribution in [3.8, 4) is 0 Å². The molecule has 7 heteroatoms. The first-order chi connectivity index (χ1) is 10.9. The van der Waals surface area contributed by atoms with Gasteiger partial charge in [0.05, 0.1) is 18.6 Å². The molecule has 0 spiro atoms. The zero-order valence-electron chi connectivity index (χ0n) is 13.3. The highest BCUT2D eigenvalue weighted by Crippen LogP contribution is 2.28. The van der Waals surface area contributed by atoms with E-state index in [2.05, 4.69) is 6.07 Å². The second-order valence-electron chi connectivity index (χ2n) is 5.84. The molecule has 2 rings (SSSR count). The Balaban J connectivity index is 1.82. The summed E-state index contributed by atoms with van der Waals surface area (Å²) in [5, 5.41) is 9.21. The van der Waals surface area contributed by atoms with Gasteiger partial charge in [0.15, 0.2) is 0 Å². The van der Waals surface area contributed by atoms with Gasteiger partial charge in [-0.1, -0.05) is 18.6 Å². The maximum atomic E-state index is 11.2. The monoisotopic (exact) mass is 341 g/mol. The van der Waals surface area contributed by atoms with Gasteiger partial charge in [-0.2, -0.15) is 8.42 Å². The Morgan fingerprint density at radius 2 is 2.09 bits per heavy atom. The summed E-state index contributed by atoms with van der Waals surface area (Å²) in [5.74, 6) is 0. The number of carboxylic acid groups (broad SMARTS) is 1. The SMILES string of the molecule is CS(=O)(=O)OCCCCCc1ccc2c(c1)CCCN2C(=O)O. The van der Waals surface area contributed by atoms with Gasteiger partial charge in [0.2, 0.25) is 0 Å². The summed E-state index contributed by atoms with van der Waals surface area (Å²) in [6, 6.07) is 5.97. The summed E-state index contributed by atoms with van der Waals surface area (Å²) < 4.78 is 26.4. The molecule has 0 saturated carbocycles. The minimum atomic E-state index is -3.34. The van der Waals surface area contributed by atoms with Crippen LogP contribution in [0.4, 0.5) is 10.5 Å². The smallest absolute Gasteiger partial charge is 0.411 e. The van der Waals surface area contributed by atoms with Crippen LogP contribution in [0.1, 0.15) is 36.8 Å². The van der Waals surface area contributed by atoms with E-state index < -0.39 is 16.2 Å². The Kier molecular flexibility index (Phi) is 6.01. The summed E-state index contributed by atoms with van der Waals surface area (Å²) in [6.45, 7) is 0.790. The molecule has 0 aliphatic carbocycles. The van der Waals surface area contributed by atoms with Gasteiger partial charge < -0.3 is 5.11 Å². The van der Waals surface area contributed by atoms with Crippen LogP contribution in [0.2, 0.25) is 0 Å². The number of aryl methyl sites for hydroxylation is 2. The fourth-order valence-corrected chi connectivity index (χ4v) is 3.24. The third kappa shape index (κ3) is 5.51. The predicted octanol–water partition coefficient (Wildman–Crippen LogP) is 2.81. The zero-order chi connectivity index (χ0) is 16.9. The lowest BCUT2D eigenvalue weighted by atomic mass is 9.97. The molecule has 23 heavy (non-hydrogen) atoms. The van der Waals surface area contributed by atoms with Crippen molar-refractivity contribution in [1.82, 2.24) is 0 Å². The molecule has 128 valence electrons. The van der Waals surface area contributed by atoms with Gasteiger partial charge in [-0.05, 0) is 49.3 Å². The maximum absolute atomic E-state index is 11.2. The molecule has 0 saturated heterocycles. The van der Waals surface area contributed by atoms with Crippen LogP contribution in [0.15, 0.2) is 18.2 Å². The number of nitrogens with zero attached hydrogens (tertiary/aromatic N) is 1. The van der Waals surface area contributed by atoms with Crippen LogP contribution < -0.4 is 4.90 Å².